The third kappa shape index (κ3) is 5.04. The molecule has 7 nitrogen and oxygen atoms in total. The van der Waals surface area contributed by atoms with E-state index >= 15 is 0 Å². The molecule has 0 radical (unpaired) electrons. The van der Waals surface area contributed by atoms with Crippen LogP contribution in [-0.2, 0) is 14.8 Å². The van der Waals surface area contributed by atoms with Crippen molar-refractivity contribution in [3.63, 3.8) is 0 Å². The molecule has 1 unspecified atom stereocenters. The molecule has 1 N–H and O–H groups in total. The Hall–Kier alpha value is -1.93. The number of rotatable bonds is 8. The van der Waals surface area contributed by atoms with Crippen LogP contribution in [0.5, 0.6) is 0 Å². The highest BCUT2D eigenvalue weighted by atomic mass is 32.2. The van der Waals surface area contributed by atoms with Crippen molar-refractivity contribution in [2.45, 2.75) is 38.6 Å². The van der Waals surface area contributed by atoms with Gasteiger partial charge in [0.25, 0.3) is 5.91 Å². The number of carbonyl (C=O) groups is 2. The predicted molar refractivity (Wildman–Crippen MR) is 101 cm³/mol. The van der Waals surface area contributed by atoms with Crippen LogP contribution in [0.4, 0.5) is 0 Å². The van der Waals surface area contributed by atoms with Gasteiger partial charge in [-0.25, -0.2) is 8.42 Å². The van der Waals surface area contributed by atoms with Crippen LogP contribution >= 0.6 is 0 Å². The average molecular weight is 384 g/mol. The Morgan fingerprint density at radius 2 is 1.69 bits per heavy atom. The first kappa shape index (κ1) is 22.1. The molecular formula is C18H29N3O4S. The van der Waals surface area contributed by atoms with Gasteiger partial charge in [0.2, 0.25) is 15.9 Å². The van der Waals surface area contributed by atoms with E-state index in [-0.39, 0.29) is 22.3 Å². The van der Waals surface area contributed by atoms with Crippen molar-refractivity contribution < 1.29 is 18.0 Å². The molecule has 1 aromatic rings. The number of sulfonamides is 1. The molecule has 1 rings (SSSR count). The van der Waals surface area contributed by atoms with E-state index in [0.717, 1.165) is 0 Å². The van der Waals surface area contributed by atoms with Crippen molar-refractivity contribution in [3.8, 4) is 0 Å². The number of carbonyl (C=O) groups excluding carboxylic acids is 2. The zero-order valence-corrected chi connectivity index (χ0v) is 17.1. The lowest BCUT2D eigenvalue weighted by atomic mass is 10.0. The van der Waals surface area contributed by atoms with E-state index in [4.69, 9.17) is 0 Å². The fourth-order valence-corrected chi connectivity index (χ4v) is 4.03. The standard InChI is InChI=1S/C18H29N3O4S/c1-7-21(8-2)26(24,25)15-11-9-10-14(12-15)17(22)19-16(13(3)4)18(23)20(5)6/h9-13,16H,7-8H2,1-6H3,(H,19,22). The van der Waals surface area contributed by atoms with E-state index in [9.17, 15) is 18.0 Å². The molecule has 0 aliphatic rings. The lowest BCUT2D eigenvalue weighted by Crippen LogP contribution is -2.49. The van der Waals surface area contributed by atoms with Gasteiger partial charge in [0, 0.05) is 32.7 Å². The highest BCUT2D eigenvalue weighted by Gasteiger charge is 2.27. The van der Waals surface area contributed by atoms with Crippen LogP contribution in [0, 0.1) is 5.92 Å². The minimum atomic E-state index is -3.65. The summed E-state index contributed by atoms with van der Waals surface area (Å²) in [5.74, 6) is -0.785. The number of hydrogen-bond acceptors (Lipinski definition) is 4. The molecule has 2 amide bonds. The zero-order chi connectivity index (χ0) is 20.1. The van der Waals surface area contributed by atoms with E-state index in [0.29, 0.717) is 13.1 Å². The molecule has 1 aromatic carbocycles. The molecule has 0 heterocycles. The fraction of sp³-hybridized carbons (Fsp3) is 0.556. The van der Waals surface area contributed by atoms with Gasteiger partial charge in [-0.05, 0) is 24.1 Å². The van der Waals surface area contributed by atoms with Crippen LogP contribution in [0.15, 0.2) is 29.2 Å². The Morgan fingerprint density at radius 3 is 2.15 bits per heavy atom. The minimum Gasteiger partial charge on any atom is -0.347 e. The first-order chi connectivity index (χ1) is 12.1. The molecule has 0 spiro atoms. The Bertz CT molecular complexity index is 741. The molecule has 0 fully saturated rings. The fourth-order valence-electron chi connectivity index (χ4n) is 2.53. The molecular weight excluding hydrogens is 354 g/mol. The summed E-state index contributed by atoms with van der Waals surface area (Å²) >= 11 is 0. The second-order valence-electron chi connectivity index (χ2n) is 6.54. The number of benzene rings is 1. The van der Waals surface area contributed by atoms with Crippen LogP contribution in [0.25, 0.3) is 0 Å². The molecule has 0 aromatic heterocycles. The maximum absolute atomic E-state index is 12.6. The second-order valence-corrected chi connectivity index (χ2v) is 8.48. The summed E-state index contributed by atoms with van der Waals surface area (Å²) in [5, 5.41) is 2.71. The number of nitrogens with one attached hydrogen (secondary N) is 1. The highest BCUT2D eigenvalue weighted by molar-refractivity contribution is 7.89. The lowest BCUT2D eigenvalue weighted by Gasteiger charge is -2.25. The largest absolute Gasteiger partial charge is 0.347 e. The topological polar surface area (TPSA) is 86.8 Å². The first-order valence-electron chi connectivity index (χ1n) is 8.68. The normalized spacial score (nSPS) is 12.9. The summed E-state index contributed by atoms with van der Waals surface area (Å²) in [4.78, 5) is 26.3. The third-order valence-electron chi connectivity index (χ3n) is 4.10. The molecule has 8 heteroatoms. The summed E-state index contributed by atoms with van der Waals surface area (Å²) < 4.78 is 26.6. The van der Waals surface area contributed by atoms with Gasteiger partial charge in [0.05, 0.1) is 4.90 Å². The molecule has 0 saturated carbocycles. The van der Waals surface area contributed by atoms with Crippen LogP contribution in [0.1, 0.15) is 38.1 Å². The van der Waals surface area contributed by atoms with Gasteiger partial charge in [0.1, 0.15) is 6.04 Å². The number of amides is 2. The first-order valence-corrected chi connectivity index (χ1v) is 10.1. The summed E-state index contributed by atoms with van der Waals surface area (Å²) in [6.45, 7) is 7.90. The summed E-state index contributed by atoms with van der Waals surface area (Å²) in [7, 11) is -0.401. The molecule has 0 aliphatic carbocycles. The maximum Gasteiger partial charge on any atom is 0.251 e. The molecule has 0 bridgehead atoms. The van der Waals surface area contributed by atoms with Gasteiger partial charge >= 0.3 is 0 Å². The molecule has 26 heavy (non-hydrogen) atoms. The summed E-state index contributed by atoms with van der Waals surface area (Å²) in [6, 6.07) is 5.20. The van der Waals surface area contributed by atoms with Crippen LogP contribution in [0.2, 0.25) is 0 Å². The quantitative estimate of drug-likeness (QED) is 0.738. The van der Waals surface area contributed by atoms with Gasteiger partial charge in [-0.2, -0.15) is 4.31 Å². The average Bonchev–Trinajstić information content (AvgIpc) is 2.59. The van der Waals surface area contributed by atoms with E-state index < -0.39 is 22.0 Å². The van der Waals surface area contributed by atoms with E-state index in [1.807, 2.05) is 13.8 Å². The molecule has 0 saturated heterocycles. The highest BCUT2D eigenvalue weighted by Crippen LogP contribution is 2.17. The SMILES string of the molecule is CCN(CC)S(=O)(=O)c1cccc(C(=O)NC(C(=O)N(C)C)C(C)C)c1. The third-order valence-corrected chi connectivity index (χ3v) is 6.15. The smallest absolute Gasteiger partial charge is 0.251 e. The monoisotopic (exact) mass is 383 g/mol. The van der Waals surface area contributed by atoms with Crippen molar-refractivity contribution in [2.75, 3.05) is 27.2 Å². The summed E-state index contributed by atoms with van der Waals surface area (Å²) in [6.07, 6.45) is 0. The number of likely N-dealkylation sites (N-methyl/N-ethyl adjacent to an activating group) is 1. The van der Waals surface area contributed by atoms with Gasteiger partial charge in [-0.3, -0.25) is 9.59 Å². The molecule has 146 valence electrons. The zero-order valence-electron chi connectivity index (χ0n) is 16.3. The number of nitrogens with zero attached hydrogens (tertiary/aromatic N) is 2. The maximum atomic E-state index is 12.6. The lowest BCUT2D eigenvalue weighted by molar-refractivity contribution is -0.131. The summed E-state index contributed by atoms with van der Waals surface area (Å²) in [5.41, 5.74) is 0.204. The van der Waals surface area contributed by atoms with Crippen LogP contribution in [0.3, 0.4) is 0 Å². The van der Waals surface area contributed by atoms with Gasteiger partial charge in [-0.1, -0.05) is 33.8 Å². The Morgan fingerprint density at radius 1 is 1.12 bits per heavy atom. The van der Waals surface area contributed by atoms with Crippen molar-refractivity contribution in [2.24, 2.45) is 5.92 Å². The Kier molecular flexibility index (Phi) is 7.77. The van der Waals surface area contributed by atoms with Gasteiger partial charge in [0.15, 0.2) is 0 Å². The Balaban J connectivity index is 3.14. The van der Waals surface area contributed by atoms with Gasteiger partial charge in [-0.15, -0.1) is 0 Å². The van der Waals surface area contributed by atoms with E-state index in [2.05, 4.69) is 5.32 Å². The van der Waals surface area contributed by atoms with Gasteiger partial charge < -0.3 is 10.2 Å². The minimum absolute atomic E-state index is 0.0638. The van der Waals surface area contributed by atoms with Crippen LogP contribution < -0.4 is 5.32 Å². The molecule has 0 aliphatic heterocycles. The van der Waals surface area contributed by atoms with E-state index in [1.165, 1.54) is 33.5 Å². The molecule has 1 atom stereocenters. The van der Waals surface area contributed by atoms with Crippen molar-refractivity contribution in [1.29, 1.82) is 0 Å². The number of hydrogen-bond donors (Lipinski definition) is 1. The van der Waals surface area contributed by atoms with Crippen LogP contribution in [-0.4, -0.2) is 62.7 Å². The van der Waals surface area contributed by atoms with E-state index in [1.54, 1.807) is 27.9 Å². The van der Waals surface area contributed by atoms with Crippen molar-refractivity contribution in [1.82, 2.24) is 14.5 Å². The van der Waals surface area contributed by atoms with Crippen molar-refractivity contribution in [3.05, 3.63) is 29.8 Å². The Labute approximate surface area is 156 Å². The van der Waals surface area contributed by atoms with Crippen molar-refractivity contribution >= 4 is 21.8 Å². The second kappa shape index (κ2) is 9.14. The predicted octanol–water partition coefficient (Wildman–Crippen LogP) is 1.56.